The fourth-order valence-electron chi connectivity index (χ4n) is 2.36. The van der Waals surface area contributed by atoms with Gasteiger partial charge in [-0.1, -0.05) is 23.7 Å². The Morgan fingerprint density at radius 1 is 1.36 bits per heavy atom. The SMILES string of the molecule is COCC(NC(=O)[C@@H]1CC[C@H](C(=O)O)O1)c1ccc(Cl)cc1. The maximum Gasteiger partial charge on any atom is 0.332 e. The maximum absolute atomic E-state index is 12.2. The summed E-state index contributed by atoms with van der Waals surface area (Å²) in [7, 11) is 1.54. The van der Waals surface area contributed by atoms with Gasteiger partial charge in [0.2, 0.25) is 5.91 Å². The zero-order chi connectivity index (χ0) is 16.1. The number of halogens is 1. The van der Waals surface area contributed by atoms with Gasteiger partial charge in [0.25, 0.3) is 0 Å². The Morgan fingerprint density at radius 2 is 2.00 bits per heavy atom. The lowest BCUT2D eigenvalue weighted by molar-refractivity contribution is -0.152. The minimum absolute atomic E-state index is 0.294. The molecular weight excluding hydrogens is 310 g/mol. The third-order valence-corrected chi connectivity index (χ3v) is 3.76. The van der Waals surface area contributed by atoms with E-state index >= 15 is 0 Å². The van der Waals surface area contributed by atoms with Gasteiger partial charge in [-0.2, -0.15) is 0 Å². The first-order valence-electron chi connectivity index (χ1n) is 6.94. The molecule has 0 aliphatic carbocycles. The number of carboxylic acids is 1. The Labute approximate surface area is 133 Å². The summed E-state index contributed by atoms with van der Waals surface area (Å²) < 4.78 is 10.4. The summed E-state index contributed by atoms with van der Waals surface area (Å²) in [6.07, 6.45) is -0.924. The standard InChI is InChI=1S/C15H18ClNO5/c1-21-8-11(9-2-4-10(16)5-3-9)17-14(18)12-6-7-13(22-12)15(19)20/h2-5,11-13H,6-8H2,1H3,(H,17,18)(H,19,20)/t11?,12-,13+/m0/s1. The van der Waals surface area contributed by atoms with Crippen molar-refractivity contribution in [2.24, 2.45) is 0 Å². The number of benzene rings is 1. The highest BCUT2D eigenvalue weighted by atomic mass is 35.5. The molecule has 22 heavy (non-hydrogen) atoms. The Kier molecular flexibility index (Phi) is 5.76. The van der Waals surface area contributed by atoms with E-state index in [9.17, 15) is 9.59 Å². The molecule has 0 saturated carbocycles. The lowest BCUT2D eigenvalue weighted by Gasteiger charge is -2.20. The molecule has 1 saturated heterocycles. The van der Waals surface area contributed by atoms with E-state index in [0.717, 1.165) is 5.56 Å². The number of rotatable bonds is 6. The number of hydrogen-bond acceptors (Lipinski definition) is 4. The van der Waals surface area contributed by atoms with Crippen molar-refractivity contribution in [1.29, 1.82) is 0 Å². The van der Waals surface area contributed by atoms with Crippen LogP contribution in [-0.2, 0) is 19.1 Å². The Bertz CT molecular complexity index is 533. The molecule has 1 heterocycles. The van der Waals surface area contributed by atoms with Crippen LogP contribution in [0.15, 0.2) is 24.3 Å². The average Bonchev–Trinajstić information content (AvgIpc) is 2.98. The Hall–Kier alpha value is -1.63. The van der Waals surface area contributed by atoms with Crippen LogP contribution in [0.4, 0.5) is 0 Å². The van der Waals surface area contributed by atoms with E-state index in [2.05, 4.69) is 5.32 Å². The van der Waals surface area contributed by atoms with Crippen LogP contribution < -0.4 is 5.32 Å². The molecule has 3 atom stereocenters. The monoisotopic (exact) mass is 327 g/mol. The van der Waals surface area contributed by atoms with E-state index in [1.165, 1.54) is 0 Å². The summed E-state index contributed by atoms with van der Waals surface area (Å²) in [4.78, 5) is 23.1. The molecule has 0 aromatic heterocycles. The van der Waals surface area contributed by atoms with Gasteiger partial charge in [-0.05, 0) is 30.5 Å². The number of carbonyl (C=O) groups excluding carboxylic acids is 1. The number of methoxy groups -OCH3 is 1. The molecule has 120 valence electrons. The highest BCUT2D eigenvalue weighted by Crippen LogP contribution is 2.22. The van der Waals surface area contributed by atoms with Gasteiger partial charge in [-0.15, -0.1) is 0 Å². The molecule has 1 amide bonds. The summed E-state index contributed by atoms with van der Waals surface area (Å²) >= 11 is 5.85. The van der Waals surface area contributed by atoms with E-state index in [4.69, 9.17) is 26.2 Å². The number of ether oxygens (including phenoxy) is 2. The Balaban J connectivity index is 2.00. The molecule has 0 bridgehead atoms. The second kappa shape index (κ2) is 7.58. The zero-order valence-electron chi connectivity index (χ0n) is 12.1. The van der Waals surface area contributed by atoms with E-state index in [1.807, 2.05) is 12.1 Å². The second-order valence-corrected chi connectivity index (χ2v) is 5.53. The molecule has 1 aromatic carbocycles. The smallest absolute Gasteiger partial charge is 0.332 e. The van der Waals surface area contributed by atoms with Crippen LogP contribution >= 0.6 is 11.6 Å². The lowest BCUT2D eigenvalue weighted by atomic mass is 10.1. The molecule has 1 aliphatic heterocycles. The van der Waals surface area contributed by atoms with Crippen LogP contribution in [0, 0.1) is 0 Å². The van der Waals surface area contributed by atoms with E-state index < -0.39 is 18.2 Å². The van der Waals surface area contributed by atoms with Gasteiger partial charge in [-0.3, -0.25) is 4.79 Å². The number of hydrogen-bond donors (Lipinski definition) is 2. The van der Waals surface area contributed by atoms with Crippen molar-refractivity contribution in [3.63, 3.8) is 0 Å². The van der Waals surface area contributed by atoms with Crippen molar-refractivity contribution < 1.29 is 24.2 Å². The van der Waals surface area contributed by atoms with Gasteiger partial charge in [0.1, 0.15) is 6.10 Å². The summed E-state index contributed by atoms with van der Waals surface area (Å²) in [5.74, 6) is -1.37. The van der Waals surface area contributed by atoms with Crippen LogP contribution in [0.1, 0.15) is 24.4 Å². The number of aliphatic carboxylic acids is 1. The zero-order valence-corrected chi connectivity index (χ0v) is 12.9. The molecule has 6 nitrogen and oxygen atoms in total. The molecule has 1 aromatic rings. The first-order chi connectivity index (χ1) is 10.5. The van der Waals surface area contributed by atoms with E-state index in [0.29, 0.717) is 24.5 Å². The molecule has 0 spiro atoms. The largest absolute Gasteiger partial charge is 0.479 e. The minimum Gasteiger partial charge on any atom is -0.479 e. The van der Waals surface area contributed by atoms with Crippen molar-refractivity contribution in [3.8, 4) is 0 Å². The summed E-state index contributed by atoms with van der Waals surface area (Å²) in [5, 5.41) is 12.3. The van der Waals surface area contributed by atoms with Crippen molar-refractivity contribution in [1.82, 2.24) is 5.32 Å². The highest BCUT2D eigenvalue weighted by Gasteiger charge is 2.35. The Morgan fingerprint density at radius 3 is 2.55 bits per heavy atom. The third kappa shape index (κ3) is 4.19. The molecule has 1 fully saturated rings. The number of carboxylic acid groups (broad SMARTS) is 1. The highest BCUT2D eigenvalue weighted by molar-refractivity contribution is 6.30. The van der Waals surface area contributed by atoms with Gasteiger partial charge in [0.05, 0.1) is 12.6 Å². The van der Waals surface area contributed by atoms with E-state index in [-0.39, 0.29) is 11.9 Å². The van der Waals surface area contributed by atoms with Gasteiger partial charge in [0.15, 0.2) is 6.10 Å². The third-order valence-electron chi connectivity index (χ3n) is 3.51. The average molecular weight is 328 g/mol. The summed E-state index contributed by atoms with van der Waals surface area (Å²) in [5.41, 5.74) is 0.854. The predicted octanol–water partition coefficient (Wildman–Crippen LogP) is 1.78. The van der Waals surface area contributed by atoms with Crippen LogP contribution in [0.5, 0.6) is 0 Å². The fourth-order valence-corrected chi connectivity index (χ4v) is 2.49. The molecule has 1 aliphatic rings. The van der Waals surface area contributed by atoms with Crippen molar-refractivity contribution in [2.45, 2.75) is 31.1 Å². The van der Waals surface area contributed by atoms with Gasteiger partial charge in [-0.25, -0.2) is 4.79 Å². The fraction of sp³-hybridized carbons (Fsp3) is 0.467. The minimum atomic E-state index is -1.04. The summed E-state index contributed by atoms with van der Waals surface area (Å²) in [6, 6.07) is 6.74. The van der Waals surface area contributed by atoms with Gasteiger partial charge in [0, 0.05) is 12.1 Å². The topological polar surface area (TPSA) is 84.9 Å². The molecule has 2 rings (SSSR count). The van der Waals surface area contributed by atoms with Crippen LogP contribution in [0.25, 0.3) is 0 Å². The lowest BCUT2D eigenvalue weighted by Crippen LogP contribution is -2.39. The van der Waals surface area contributed by atoms with Crippen molar-refractivity contribution >= 4 is 23.5 Å². The van der Waals surface area contributed by atoms with Crippen molar-refractivity contribution in [2.75, 3.05) is 13.7 Å². The van der Waals surface area contributed by atoms with Crippen LogP contribution in [0.2, 0.25) is 5.02 Å². The number of carbonyl (C=O) groups is 2. The quantitative estimate of drug-likeness (QED) is 0.832. The molecular formula is C15H18ClNO5. The second-order valence-electron chi connectivity index (χ2n) is 5.10. The normalized spacial score (nSPS) is 22.3. The number of nitrogens with one attached hydrogen (secondary N) is 1. The van der Waals surface area contributed by atoms with Gasteiger partial charge < -0.3 is 19.9 Å². The van der Waals surface area contributed by atoms with Crippen molar-refractivity contribution in [3.05, 3.63) is 34.9 Å². The van der Waals surface area contributed by atoms with Gasteiger partial charge >= 0.3 is 5.97 Å². The van der Waals surface area contributed by atoms with E-state index in [1.54, 1.807) is 19.2 Å². The first-order valence-corrected chi connectivity index (χ1v) is 7.32. The molecule has 0 radical (unpaired) electrons. The maximum atomic E-state index is 12.2. The first kappa shape index (κ1) is 16.7. The summed E-state index contributed by atoms with van der Waals surface area (Å²) in [6.45, 7) is 0.294. The molecule has 1 unspecified atom stereocenters. The predicted molar refractivity (Wildman–Crippen MR) is 79.7 cm³/mol. The molecule has 7 heteroatoms. The molecule has 2 N–H and O–H groups in total. The van der Waals surface area contributed by atoms with Crippen LogP contribution in [0.3, 0.4) is 0 Å². The van der Waals surface area contributed by atoms with Crippen LogP contribution in [-0.4, -0.2) is 42.9 Å². The number of amides is 1.